The number of piperidine rings is 1. The normalized spacial score (nSPS) is 17.8. The molecule has 1 amide bonds. The van der Waals surface area contributed by atoms with Gasteiger partial charge in [-0.05, 0) is 43.4 Å². The van der Waals surface area contributed by atoms with Crippen molar-refractivity contribution in [2.24, 2.45) is 11.7 Å². The van der Waals surface area contributed by atoms with Gasteiger partial charge in [-0.25, -0.2) is 9.97 Å². The molecule has 4 heterocycles. The number of benzene rings is 2. The highest BCUT2D eigenvalue weighted by molar-refractivity contribution is 6.19. The summed E-state index contributed by atoms with van der Waals surface area (Å²) in [4.78, 5) is 48.7. The minimum Gasteiger partial charge on any atom is -0.496 e. The van der Waals surface area contributed by atoms with E-state index in [0.717, 1.165) is 0 Å². The molecule has 0 bridgehead atoms. The highest BCUT2D eigenvalue weighted by Crippen LogP contribution is 2.44. The average Bonchev–Trinajstić information content (AvgIpc) is 3.47. The number of ketones is 2. The molecule has 12 nitrogen and oxygen atoms in total. The third kappa shape index (κ3) is 4.04. The zero-order chi connectivity index (χ0) is 28.0. The first kappa shape index (κ1) is 25.4. The SMILES string of the molecule is COc1cc(C(=O)[C@H]2C(=O)c3cc(-c4n[nH]c(C(N)=O)n4)ccc3OC23CCNCC3)nc2c(OC)cccc12. The highest BCUT2D eigenvalue weighted by Gasteiger charge is 2.54. The first-order valence-electron chi connectivity index (χ1n) is 12.7. The van der Waals surface area contributed by atoms with E-state index >= 15 is 0 Å². The Hall–Kier alpha value is -4.84. The minimum absolute atomic E-state index is 0.0772. The van der Waals surface area contributed by atoms with Crippen LogP contribution in [0.5, 0.6) is 17.2 Å². The second-order valence-corrected chi connectivity index (χ2v) is 9.73. The summed E-state index contributed by atoms with van der Waals surface area (Å²) in [6.45, 7) is 1.17. The van der Waals surface area contributed by atoms with E-state index in [1.54, 1.807) is 30.3 Å². The molecule has 1 fully saturated rings. The number of carbonyl (C=O) groups is 3. The number of nitrogens with two attached hydrogens (primary N) is 1. The minimum atomic E-state index is -1.16. The number of H-pyrrole nitrogens is 1. The standard InChI is InChI=1S/C28H26N6O6/c1-38-19-5-3-4-15-20(39-2)13-17(31-22(15)19)24(36)21-23(35)16-12-14(26-32-27(25(29)37)34-33-26)6-7-18(16)40-28(21)8-10-30-11-9-28/h3-7,12-13,21,30H,8-11H2,1-2H3,(H2,29,37)(H,32,33,34)/t21-/m1/s1. The molecule has 0 unspecified atom stereocenters. The molecule has 204 valence electrons. The van der Waals surface area contributed by atoms with Gasteiger partial charge in [-0.2, -0.15) is 5.10 Å². The van der Waals surface area contributed by atoms with Crippen LogP contribution in [0.4, 0.5) is 0 Å². The maximum Gasteiger partial charge on any atom is 0.286 e. The van der Waals surface area contributed by atoms with Crippen LogP contribution in [0.3, 0.4) is 0 Å². The van der Waals surface area contributed by atoms with Gasteiger partial charge in [-0.3, -0.25) is 19.5 Å². The molecule has 2 aromatic carbocycles. The van der Waals surface area contributed by atoms with Crippen molar-refractivity contribution in [2.45, 2.75) is 18.4 Å². The number of rotatable bonds is 6. The molecule has 2 aromatic heterocycles. The van der Waals surface area contributed by atoms with Gasteiger partial charge < -0.3 is 25.3 Å². The number of nitrogens with zero attached hydrogens (tertiary/aromatic N) is 3. The Bertz CT molecular complexity index is 1680. The number of aromatic amines is 1. The molecule has 1 spiro atoms. The van der Waals surface area contributed by atoms with Crippen LogP contribution in [0.2, 0.25) is 0 Å². The number of methoxy groups -OCH3 is 2. The van der Waals surface area contributed by atoms with Crippen molar-refractivity contribution >= 4 is 28.4 Å². The number of carbonyl (C=O) groups excluding carboxylic acids is 3. The number of ether oxygens (including phenoxy) is 3. The molecule has 0 radical (unpaired) electrons. The lowest BCUT2D eigenvalue weighted by Crippen LogP contribution is -2.58. The maximum absolute atomic E-state index is 14.3. The quantitative estimate of drug-likeness (QED) is 0.243. The number of aromatic nitrogens is 4. The fourth-order valence-electron chi connectivity index (χ4n) is 5.52. The lowest BCUT2D eigenvalue weighted by molar-refractivity contribution is -0.0139. The molecule has 6 rings (SSSR count). The van der Waals surface area contributed by atoms with Crippen molar-refractivity contribution in [3.05, 3.63) is 59.5 Å². The van der Waals surface area contributed by atoms with Crippen LogP contribution in [-0.2, 0) is 0 Å². The van der Waals surface area contributed by atoms with Gasteiger partial charge in [0.2, 0.25) is 5.82 Å². The summed E-state index contributed by atoms with van der Waals surface area (Å²) in [6, 6.07) is 11.9. The van der Waals surface area contributed by atoms with Gasteiger partial charge in [-0.1, -0.05) is 6.07 Å². The molecule has 40 heavy (non-hydrogen) atoms. The smallest absolute Gasteiger partial charge is 0.286 e. The second kappa shape index (κ2) is 9.72. The van der Waals surface area contributed by atoms with Crippen LogP contribution in [0.1, 0.15) is 44.3 Å². The number of nitrogens with one attached hydrogen (secondary N) is 2. The van der Waals surface area contributed by atoms with E-state index in [-0.39, 0.29) is 28.7 Å². The van der Waals surface area contributed by atoms with Gasteiger partial charge in [0, 0.05) is 29.9 Å². The maximum atomic E-state index is 14.3. The van der Waals surface area contributed by atoms with Crippen LogP contribution in [0.25, 0.3) is 22.3 Å². The van der Waals surface area contributed by atoms with Crippen molar-refractivity contribution in [3.8, 4) is 28.6 Å². The van der Waals surface area contributed by atoms with Gasteiger partial charge in [-0.15, -0.1) is 0 Å². The van der Waals surface area contributed by atoms with E-state index in [4.69, 9.17) is 19.9 Å². The Morgan fingerprint density at radius 1 is 1.05 bits per heavy atom. The summed E-state index contributed by atoms with van der Waals surface area (Å²) in [5.74, 6) is -1.41. The van der Waals surface area contributed by atoms with Crippen LogP contribution in [0, 0.1) is 5.92 Å². The first-order valence-corrected chi connectivity index (χ1v) is 12.7. The number of para-hydroxylation sites is 1. The largest absolute Gasteiger partial charge is 0.496 e. The third-order valence-corrected chi connectivity index (χ3v) is 7.49. The Morgan fingerprint density at radius 3 is 2.52 bits per heavy atom. The van der Waals surface area contributed by atoms with Crippen molar-refractivity contribution in [1.29, 1.82) is 0 Å². The Morgan fingerprint density at radius 2 is 1.82 bits per heavy atom. The first-order chi connectivity index (χ1) is 19.3. The molecule has 1 saturated heterocycles. The summed E-state index contributed by atoms with van der Waals surface area (Å²) in [7, 11) is 3.03. The number of Topliss-reactive ketones (excluding diaryl/α,β-unsaturated/α-hetero) is 2. The van der Waals surface area contributed by atoms with Crippen molar-refractivity contribution in [1.82, 2.24) is 25.5 Å². The van der Waals surface area contributed by atoms with E-state index < -0.39 is 23.2 Å². The topological polar surface area (TPSA) is 171 Å². The lowest BCUT2D eigenvalue weighted by atomic mass is 9.71. The number of hydrogen-bond donors (Lipinski definition) is 3. The summed E-state index contributed by atoms with van der Waals surface area (Å²) in [5, 5.41) is 10.5. The van der Waals surface area contributed by atoms with Gasteiger partial charge in [0.05, 0.1) is 19.8 Å². The molecule has 4 N–H and O–H groups in total. The summed E-state index contributed by atoms with van der Waals surface area (Å²) in [5.41, 5.74) is 5.44. The van der Waals surface area contributed by atoms with Gasteiger partial charge in [0.15, 0.2) is 17.4 Å². The van der Waals surface area contributed by atoms with Crippen LogP contribution in [0.15, 0.2) is 42.5 Å². The van der Waals surface area contributed by atoms with Crippen molar-refractivity contribution in [3.63, 3.8) is 0 Å². The van der Waals surface area contributed by atoms with E-state index in [0.29, 0.717) is 59.6 Å². The monoisotopic (exact) mass is 542 g/mol. The summed E-state index contributed by atoms with van der Waals surface area (Å²) >= 11 is 0. The van der Waals surface area contributed by atoms with E-state index in [1.807, 2.05) is 12.1 Å². The fraction of sp³-hybridized carbons (Fsp3) is 0.286. The van der Waals surface area contributed by atoms with Gasteiger partial charge >= 0.3 is 0 Å². The number of pyridine rings is 1. The van der Waals surface area contributed by atoms with E-state index in [9.17, 15) is 14.4 Å². The number of fused-ring (bicyclic) bond motifs is 2. The van der Waals surface area contributed by atoms with Crippen LogP contribution in [-0.4, -0.2) is 70.5 Å². The van der Waals surface area contributed by atoms with E-state index in [2.05, 4.69) is 25.5 Å². The summed E-state index contributed by atoms with van der Waals surface area (Å²) < 4.78 is 17.6. The van der Waals surface area contributed by atoms with Crippen molar-refractivity contribution in [2.75, 3.05) is 27.3 Å². The Kier molecular flexibility index (Phi) is 6.18. The van der Waals surface area contributed by atoms with Gasteiger partial charge in [0.25, 0.3) is 5.91 Å². The number of amides is 1. The molecule has 2 aliphatic rings. The molecule has 0 saturated carbocycles. The molecule has 4 aromatic rings. The summed E-state index contributed by atoms with van der Waals surface area (Å²) in [6.07, 6.45) is 0.903. The molecule has 0 aliphatic carbocycles. The molecule has 2 aliphatic heterocycles. The zero-order valence-corrected chi connectivity index (χ0v) is 21.8. The lowest BCUT2D eigenvalue weighted by Gasteiger charge is -2.45. The Balaban J connectivity index is 1.47. The molecular weight excluding hydrogens is 516 g/mol. The predicted molar refractivity (Wildman–Crippen MR) is 143 cm³/mol. The van der Waals surface area contributed by atoms with Crippen LogP contribution >= 0.6 is 0 Å². The van der Waals surface area contributed by atoms with Gasteiger partial charge in [0.1, 0.15) is 40.0 Å². The molecule has 1 atom stereocenters. The molecular formula is C28H26N6O6. The van der Waals surface area contributed by atoms with Crippen LogP contribution < -0.4 is 25.3 Å². The number of primary amides is 1. The fourth-order valence-corrected chi connectivity index (χ4v) is 5.52. The van der Waals surface area contributed by atoms with Crippen molar-refractivity contribution < 1.29 is 28.6 Å². The average molecular weight is 543 g/mol. The second-order valence-electron chi connectivity index (χ2n) is 9.73. The number of hydrogen-bond acceptors (Lipinski definition) is 10. The molecule has 12 heteroatoms. The zero-order valence-electron chi connectivity index (χ0n) is 21.8. The van der Waals surface area contributed by atoms with E-state index in [1.165, 1.54) is 14.2 Å². The predicted octanol–water partition coefficient (Wildman–Crippen LogP) is 2.33. The highest BCUT2D eigenvalue weighted by atomic mass is 16.5. The Labute approximate surface area is 228 Å². The third-order valence-electron chi connectivity index (χ3n) is 7.49.